The van der Waals surface area contributed by atoms with Crippen molar-refractivity contribution < 1.29 is 19.1 Å². The van der Waals surface area contributed by atoms with Crippen molar-refractivity contribution in [2.75, 3.05) is 39.3 Å². The molecule has 184 valence electrons. The monoisotopic (exact) mass is 477 g/mol. The molecule has 4 rings (SSSR count). The van der Waals surface area contributed by atoms with Gasteiger partial charge in [-0.2, -0.15) is 0 Å². The number of amides is 4. The van der Waals surface area contributed by atoms with Gasteiger partial charge in [-0.05, 0) is 30.5 Å². The quantitative estimate of drug-likeness (QED) is 0.443. The Morgan fingerprint density at radius 2 is 1.49 bits per heavy atom. The summed E-state index contributed by atoms with van der Waals surface area (Å²) in [6, 6.07) is 18.8. The van der Waals surface area contributed by atoms with Gasteiger partial charge in [-0.3, -0.25) is 24.9 Å². The van der Waals surface area contributed by atoms with Gasteiger partial charge in [0, 0.05) is 32.7 Å². The maximum atomic E-state index is 12.5. The lowest BCUT2D eigenvalue weighted by atomic mass is 10.2. The smallest absolute Gasteiger partial charge is 0.410 e. The third-order valence-corrected chi connectivity index (χ3v) is 6.12. The van der Waals surface area contributed by atoms with Crippen LogP contribution in [0.5, 0.6) is 0 Å². The van der Waals surface area contributed by atoms with Crippen molar-refractivity contribution in [1.82, 2.24) is 20.0 Å². The van der Waals surface area contributed by atoms with Crippen LogP contribution >= 0.6 is 0 Å². The van der Waals surface area contributed by atoms with E-state index in [4.69, 9.17) is 4.74 Å². The SMILES string of the molecule is O=C(OCc1ccccc1)N1CCN(CCCCN2C(=O)NC(=NCc3ccccc3)C2=O)CC1. The number of amidine groups is 1. The molecule has 1 N–H and O–H groups in total. The number of benzene rings is 2. The van der Waals surface area contributed by atoms with E-state index in [2.05, 4.69) is 15.2 Å². The second-order valence-electron chi connectivity index (χ2n) is 8.61. The zero-order chi connectivity index (χ0) is 24.5. The molecule has 0 unspecified atom stereocenters. The first-order chi connectivity index (χ1) is 17.1. The molecule has 35 heavy (non-hydrogen) atoms. The summed E-state index contributed by atoms with van der Waals surface area (Å²) in [4.78, 5) is 46.6. The first kappa shape index (κ1) is 24.4. The predicted molar refractivity (Wildman–Crippen MR) is 132 cm³/mol. The number of carbonyl (C=O) groups is 3. The molecule has 2 aromatic carbocycles. The molecule has 0 radical (unpaired) electrons. The molecule has 0 spiro atoms. The molecule has 0 aliphatic carbocycles. The number of nitrogens with one attached hydrogen (secondary N) is 1. The fourth-order valence-corrected chi connectivity index (χ4v) is 4.08. The van der Waals surface area contributed by atoms with Crippen LogP contribution in [0, 0.1) is 0 Å². The number of hydrogen-bond donors (Lipinski definition) is 1. The maximum Gasteiger partial charge on any atom is 0.410 e. The van der Waals surface area contributed by atoms with Crippen LogP contribution in [0.1, 0.15) is 24.0 Å². The highest BCUT2D eigenvalue weighted by Crippen LogP contribution is 2.10. The Labute approximate surface area is 205 Å². The van der Waals surface area contributed by atoms with Gasteiger partial charge in [0.1, 0.15) is 6.61 Å². The van der Waals surface area contributed by atoms with Crippen LogP contribution in [0.25, 0.3) is 0 Å². The molecule has 9 heteroatoms. The zero-order valence-corrected chi connectivity index (χ0v) is 19.8. The van der Waals surface area contributed by atoms with Crippen LogP contribution in [0.4, 0.5) is 9.59 Å². The Morgan fingerprint density at radius 3 is 2.17 bits per heavy atom. The van der Waals surface area contributed by atoms with Gasteiger partial charge in [0.05, 0.1) is 6.54 Å². The van der Waals surface area contributed by atoms with E-state index in [1.165, 1.54) is 4.90 Å². The molecule has 0 atom stereocenters. The second-order valence-corrected chi connectivity index (χ2v) is 8.61. The summed E-state index contributed by atoms with van der Waals surface area (Å²) in [6.45, 7) is 4.65. The van der Waals surface area contributed by atoms with E-state index in [0.717, 1.165) is 37.2 Å². The molecular formula is C26H31N5O4. The van der Waals surface area contributed by atoms with E-state index in [9.17, 15) is 14.4 Å². The van der Waals surface area contributed by atoms with Crippen LogP contribution in [0.15, 0.2) is 65.7 Å². The number of hydrogen-bond acceptors (Lipinski definition) is 6. The van der Waals surface area contributed by atoms with Crippen molar-refractivity contribution in [3.8, 4) is 0 Å². The first-order valence-electron chi connectivity index (χ1n) is 12.0. The number of unbranched alkanes of at least 4 members (excludes halogenated alkanes) is 1. The minimum absolute atomic E-state index is 0.106. The van der Waals surface area contributed by atoms with Crippen LogP contribution in [0.3, 0.4) is 0 Å². The number of rotatable bonds is 9. The van der Waals surface area contributed by atoms with E-state index >= 15 is 0 Å². The molecule has 2 aliphatic rings. The van der Waals surface area contributed by atoms with Crippen molar-refractivity contribution in [2.45, 2.75) is 26.0 Å². The number of nitrogens with zero attached hydrogens (tertiary/aromatic N) is 4. The van der Waals surface area contributed by atoms with E-state index in [1.54, 1.807) is 4.90 Å². The molecule has 2 aliphatic heterocycles. The van der Waals surface area contributed by atoms with Crippen molar-refractivity contribution >= 4 is 23.9 Å². The standard InChI is InChI=1S/C26H31N5O4/c32-24-23(27-19-21-9-3-1-4-10-21)28-25(33)31(24)14-8-7-13-29-15-17-30(18-16-29)26(34)35-20-22-11-5-2-6-12-22/h1-6,9-12H,7-8,13-20H2,(H,27,28,33). The van der Waals surface area contributed by atoms with Gasteiger partial charge in [0.15, 0.2) is 5.84 Å². The fourth-order valence-electron chi connectivity index (χ4n) is 4.08. The third-order valence-electron chi connectivity index (χ3n) is 6.12. The summed E-state index contributed by atoms with van der Waals surface area (Å²) < 4.78 is 5.41. The molecule has 0 bridgehead atoms. The Morgan fingerprint density at radius 1 is 0.857 bits per heavy atom. The van der Waals surface area contributed by atoms with Gasteiger partial charge in [0.2, 0.25) is 0 Å². The highest BCUT2D eigenvalue weighted by Gasteiger charge is 2.34. The topological polar surface area (TPSA) is 94.6 Å². The highest BCUT2D eigenvalue weighted by molar-refractivity contribution is 6.47. The van der Waals surface area contributed by atoms with Gasteiger partial charge in [-0.15, -0.1) is 0 Å². The first-order valence-corrected chi connectivity index (χ1v) is 12.0. The number of urea groups is 1. The Balaban J connectivity index is 1.12. The fraction of sp³-hybridized carbons (Fsp3) is 0.385. The van der Waals surface area contributed by atoms with Crippen LogP contribution in [0.2, 0.25) is 0 Å². The van der Waals surface area contributed by atoms with Gasteiger partial charge >= 0.3 is 12.1 Å². The van der Waals surface area contributed by atoms with Gasteiger partial charge in [-0.25, -0.2) is 9.59 Å². The molecule has 4 amide bonds. The number of ether oxygens (including phenoxy) is 1. The summed E-state index contributed by atoms with van der Waals surface area (Å²) in [7, 11) is 0. The van der Waals surface area contributed by atoms with E-state index in [1.807, 2.05) is 60.7 Å². The molecule has 2 fully saturated rings. The van der Waals surface area contributed by atoms with Crippen molar-refractivity contribution in [1.29, 1.82) is 0 Å². The average Bonchev–Trinajstić information content (AvgIpc) is 3.17. The molecular weight excluding hydrogens is 446 g/mol. The van der Waals surface area contributed by atoms with Gasteiger partial charge in [-0.1, -0.05) is 60.7 Å². The average molecular weight is 478 g/mol. The lowest BCUT2D eigenvalue weighted by Crippen LogP contribution is -2.49. The lowest BCUT2D eigenvalue weighted by molar-refractivity contribution is -0.120. The van der Waals surface area contributed by atoms with Crippen molar-refractivity contribution in [3.63, 3.8) is 0 Å². The summed E-state index contributed by atoms with van der Waals surface area (Å²) >= 11 is 0. The van der Waals surface area contributed by atoms with Gasteiger partial charge < -0.3 is 9.64 Å². The molecule has 0 aromatic heterocycles. The third kappa shape index (κ3) is 6.89. The second kappa shape index (κ2) is 12.1. The minimum Gasteiger partial charge on any atom is -0.445 e. The normalized spacial score (nSPS) is 17.7. The maximum absolute atomic E-state index is 12.5. The number of carbonyl (C=O) groups excluding carboxylic acids is 3. The Bertz CT molecular complexity index is 1040. The van der Waals surface area contributed by atoms with E-state index < -0.39 is 6.03 Å². The summed E-state index contributed by atoms with van der Waals surface area (Å²) in [5.41, 5.74) is 1.95. The van der Waals surface area contributed by atoms with Crippen LogP contribution in [-0.4, -0.2) is 77.8 Å². The minimum atomic E-state index is -0.413. The van der Waals surface area contributed by atoms with Crippen molar-refractivity contribution in [2.24, 2.45) is 4.99 Å². The molecule has 9 nitrogen and oxygen atoms in total. The number of piperazine rings is 1. The van der Waals surface area contributed by atoms with E-state index in [-0.39, 0.29) is 24.4 Å². The summed E-state index contributed by atoms with van der Waals surface area (Å²) in [5.74, 6) is -0.261. The molecule has 2 heterocycles. The summed E-state index contributed by atoms with van der Waals surface area (Å²) in [6.07, 6.45) is 1.29. The molecule has 2 aromatic rings. The Hall–Kier alpha value is -3.72. The number of imide groups is 1. The highest BCUT2D eigenvalue weighted by atomic mass is 16.6. The van der Waals surface area contributed by atoms with Crippen LogP contribution < -0.4 is 5.32 Å². The van der Waals surface area contributed by atoms with Crippen molar-refractivity contribution in [3.05, 3.63) is 71.8 Å². The predicted octanol–water partition coefficient (Wildman–Crippen LogP) is 2.87. The molecule has 2 saturated heterocycles. The molecule has 0 saturated carbocycles. The van der Waals surface area contributed by atoms with Gasteiger partial charge in [0.25, 0.3) is 5.91 Å². The lowest BCUT2D eigenvalue weighted by Gasteiger charge is -2.34. The Kier molecular flexibility index (Phi) is 8.45. The van der Waals surface area contributed by atoms with E-state index in [0.29, 0.717) is 32.6 Å². The zero-order valence-electron chi connectivity index (χ0n) is 19.8. The largest absolute Gasteiger partial charge is 0.445 e. The number of aliphatic imine (C=N–C) groups is 1. The summed E-state index contributed by atoms with van der Waals surface area (Å²) in [5, 5.41) is 2.58. The van der Waals surface area contributed by atoms with Crippen LogP contribution in [-0.2, 0) is 22.7 Å².